The van der Waals surface area contributed by atoms with Crippen LogP contribution in [0, 0.1) is 0 Å². The summed E-state index contributed by atoms with van der Waals surface area (Å²) in [6.45, 7) is 1.86. The summed E-state index contributed by atoms with van der Waals surface area (Å²) in [5.41, 5.74) is 4.02. The van der Waals surface area contributed by atoms with Gasteiger partial charge in [-0.15, -0.1) is 0 Å². The van der Waals surface area contributed by atoms with Crippen LogP contribution in [-0.2, 0) is 11.3 Å². The van der Waals surface area contributed by atoms with Gasteiger partial charge in [-0.05, 0) is 35.4 Å². The molecule has 0 aliphatic carbocycles. The summed E-state index contributed by atoms with van der Waals surface area (Å²) in [5.74, 6) is -1.15. The van der Waals surface area contributed by atoms with Crippen molar-refractivity contribution in [1.82, 2.24) is 10.3 Å². The van der Waals surface area contributed by atoms with E-state index in [0.29, 0.717) is 22.8 Å². The number of nitrogens with zero attached hydrogens (tertiary/aromatic N) is 1. The molecular formula is C21H17ClN2O3. The number of hydrogen-bond acceptors (Lipinski definition) is 3. The number of halogens is 1. The third-order valence-electron chi connectivity index (χ3n) is 4.03. The van der Waals surface area contributed by atoms with E-state index >= 15 is 0 Å². The number of carboxylic acid groups (broad SMARTS) is 1. The van der Waals surface area contributed by atoms with Crippen molar-refractivity contribution in [3.8, 4) is 22.4 Å². The van der Waals surface area contributed by atoms with Crippen molar-refractivity contribution >= 4 is 23.5 Å². The largest absolute Gasteiger partial charge is 0.478 e. The minimum atomic E-state index is -1.04. The van der Waals surface area contributed by atoms with E-state index in [0.717, 1.165) is 16.7 Å². The summed E-state index contributed by atoms with van der Waals surface area (Å²) >= 11 is 5.97. The first-order valence-corrected chi connectivity index (χ1v) is 8.65. The van der Waals surface area contributed by atoms with Crippen molar-refractivity contribution < 1.29 is 14.7 Å². The molecule has 5 nitrogen and oxygen atoms in total. The van der Waals surface area contributed by atoms with Crippen LogP contribution in [0.15, 0.2) is 60.8 Å². The molecule has 0 fully saturated rings. The number of aromatic nitrogens is 1. The maximum absolute atomic E-state index is 11.4. The number of benzene rings is 2. The summed E-state index contributed by atoms with van der Waals surface area (Å²) in [7, 11) is 0. The van der Waals surface area contributed by atoms with Gasteiger partial charge in [0.15, 0.2) is 0 Å². The van der Waals surface area contributed by atoms with Crippen molar-refractivity contribution in [2.75, 3.05) is 0 Å². The molecule has 3 aromatic rings. The second kappa shape index (κ2) is 8.01. The van der Waals surface area contributed by atoms with Gasteiger partial charge < -0.3 is 10.4 Å². The van der Waals surface area contributed by atoms with Crippen molar-refractivity contribution in [1.29, 1.82) is 0 Å². The van der Waals surface area contributed by atoms with Gasteiger partial charge >= 0.3 is 5.97 Å². The SMILES string of the molecule is CC(=O)NCc1cccc(-c2cc(C(=O)O)cnc2-c2ccc(Cl)cc2)c1. The van der Waals surface area contributed by atoms with Gasteiger partial charge in [0.25, 0.3) is 0 Å². The number of aromatic carboxylic acids is 1. The average Bonchev–Trinajstić information content (AvgIpc) is 2.67. The molecule has 0 radical (unpaired) electrons. The number of carbonyl (C=O) groups excluding carboxylic acids is 1. The van der Waals surface area contributed by atoms with Crippen LogP contribution in [-0.4, -0.2) is 22.0 Å². The fourth-order valence-electron chi connectivity index (χ4n) is 2.71. The molecule has 2 N–H and O–H groups in total. The van der Waals surface area contributed by atoms with Crippen molar-refractivity contribution in [3.63, 3.8) is 0 Å². The number of amides is 1. The Bertz CT molecular complexity index is 1000. The third kappa shape index (κ3) is 4.51. The summed E-state index contributed by atoms with van der Waals surface area (Å²) in [5, 5.41) is 12.7. The van der Waals surface area contributed by atoms with Crippen LogP contribution in [0.2, 0.25) is 5.02 Å². The topological polar surface area (TPSA) is 79.3 Å². The van der Waals surface area contributed by atoms with E-state index in [-0.39, 0.29) is 11.5 Å². The molecule has 3 rings (SSSR count). The molecule has 0 saturated heterocycles. The van der Waals surface area contributed by atoms with Gasteiger partial charge in [0.1, 0.15) is 0 Å². The highest BCUT2D eigenvalue weighted by Crippen LogP contribution is 2.32. The predicted octanol–water partition coefficient (Wildman–Crippen LogP) is 4.40. The van der Waals surface area contributed by atoms with E-state index in [2.05, 4.69) is 10.3 Å². The number of nitrogens with one attached hydrogen (secondary N) is 1. The Kier molecular flexibility index (Phi) is 5.52. The first-order valence-electron chi connectivity index (χ1n) is 8.27. The van der Waals surface area contributed by atoms with Crippen LogP contribution < -0.4 is 5.32 Å². The summed E-state index contributed by atoms with van der Waals surface area (Å²) in [6.07, 6.45) is 1.34. The summed E-state index contributed by atoms with van der Waals surface area (Å²) < 4.78 is 0. The fourth-order valence-corrected chi connectivity index (χ4v) is 2.84. The fraction of sp³-hybridized carbons (Fsp3) is 0.0952. The second-order valence-electron chi connectivity index (χ2n) is 6.04. The molecule has 6 heteroatoms. The van der Waals surface area contributed by atoms with Crippen molar-refractivity contribution in [2.45, 2.75) is 13.5 Å². The third-order valence-corrected chi connectivity index (χ3v) is 4.28. The molecule has 27 heavy (non-hydrogen) atoms. The Morgan fingerprint density at radius 2 is 1.81 bits per heavy atom. The Morgan fingerprint density at radius 1 is 1.07 bits per heavy atom. The van der Waals surface area contributed by atoms with E-state index in [4.69, 9.17) is 11.6 Å². The molecule has 1 aromatic heterocycles. The zero-order chi connectivity index (χ0) is 19.4. The highest BCUT2D eigenvalue weighted by atomic mass is 35.5. The second-order valence-corrected chi connectivity index (χ2v) is 6.48. The van der Waals surface area contributed by atoms with Crippen LogP contribution >= 0.6 is 11.6 Å². The maximum atomic E-state index is 11.4. The summed E-state index contributed by atoms with van der Waals surface area (Å²) in [6, 6.07) is 16.4. The minimum absolute atomic E-state index is 0.106. The highest BCUT2D eigenvalue weighted by molar-refractivity contribution is 6.30. The number of hydrogen-bond donors (Lipinski definition) is 2. The van der Waals surface area contributed by atoms with Gasteiger partial charge in [-0.1, -0.05) is 41.9 Å². The van der Waals surface area contributed by atoms with Gasteiger partial charge in [0, 0.05) is 35.8 Å². The van der Waals surface area contributed by atoms with E-state index < -0.39 is 5.97 Å². The van der Waals surface area contributed by atoms with Crippen LogP contribution in [0.25, 0.3) is 22.4 Å². The van der Waals surface area contributed by atoms with Crippen molar-refractivity contribution in [3.05, 3.63) is 76.9 Å². The van der Waals surface area contributed by atoms with Crippen molar-refractivity contribution in [2.24, 2.45) is 0 Å². The standard InChI is InChI=1S/C21H17ClN2O3/c1-13(25)23-11-14-3-2-4-16(9-14)19-10-17(21(26)27)12-24-20(19)15-5-7-18(22)8-6-15/h2-10,12H,11H2,1H3,(H,23,25)(H,26,27). The van der Waals surface area contributed by atoms with Crippen LogP contribution in [0.3, 0.4) is 0 Å². The van der Waals surface area contributed by atoms with Gasteiger partial charge in [0.05, 0.1) is 11.3 Å². The normalized spacial score (nSPS) is 10.4. The lowest BCUT2D eigenvalue weighted by Crippen LogP contribution is -2.18. The molecule has 0 spiro atoms. The molecule has 136 valence electrons. The quantitative estimate of drug-likeness (QED) is 0.687. The van der Waals surface area contributed by atoms with Gasteiger partial charge in [-0.25, -0.2) is 4.79 Å². The molecule has 1 amide bonds. The predicted molar refractivity (Wildman–Crippen MR) is 105 cm³/mol. The first kappa shape index (κ1) is 18.6. The van der Waals surface area contributed by atoms with Crippen LogP contribution in [0.5, 0.6) is 0 Å². The van der Waals surface area contributed by atoms with Gasteiger partial charge in [-0.2, -0.15) is 0 Å². The van der Waals surface area contributed by atoms with Crippen LogP contribution in [0.4, 0.5) is 0 Å². The van der Waals surface area contributed by atoms with Gasteiger partial charge in [0.2, 0.25) is 5.91 Å². The average molecular weight is 381 g/mol. The number of rotatable bonds is 5. The number of pyridine rings is 1. The van der Waals surface area contributed by atoms with E-state index in [1.165, 1.54) is 13.1 Å². The maximum Gasteiger partial charge on any atom is 0.337 e. The van der Waals surface area contributed by atoms with E-state index in [1.807, 2.05) is 36.4 Å². The van der Waals surface area contributed by atoms with Crippen LogP contribution in [0.1, 0.15) is 22.8 Å². The highest BCUT2D eigenvalue weighted by Gasteiger charge is 2.14. The smallest absolute Gasteiger partial charge is 0.337 e. The zero-order valence-electron chi connectivity index (χ0n) is 14.6. The Labute approximate surface area is 161 Å². The lowest BCUT2D eigenvalue weighted by molar-refractivity contribution is -0.119. The molecule has 2 aromatic carbocycles. The molecule has 0 aliphatic heterocycles. The Hall–Kier alpha value is -3.18. The minimum Gasteiger partial charge on any atom is -0.478 e. The van der Waals surface area contributed by atoms with E-state index in [9.17, 15) is 14.7 Å². The molecule has 0 atom stereocenters. The molecule has 0 saturated carbocycles. The first-order chi connectivity index (χ1) is 12.9. The lowest BCUT2D eigenvalue weighted by atomic mass is 9.96. The number of carboxylic acids is 1. The molecule has 0 unspecified atom stereocenters. The molecule has 1 heterocycles. The Balaban J connectivity index is 2.10. The molecule has 0 bridgehead atoms. The lowest BCUT2D eigenvalue weighted by Gasteiger charge is -2.12. The molecular weight excluding hydrogens is 364 g/mol. The molecule has 0 aliphatic rings. The van der Waals surface area contributed by atoms with Gasteiger partial charge in [-0.3, -0.25) is 9.78 Å². The Morgan fingerprint density at radius 3 is 2.48 bits per heavy atom. The van der Waals surface area contributed by atoms with E-state index in [1.54, 1.807) is 18.2 Å². The summed E-state index contributed by atoms with van der Waals surface area (Å²) in [4.78, 5) is 27.0. The zero-order valence-corrected chi connectivity index (χ0v) is 15.3. The number of carbonyl (C=O) groups is 2. The monoisotopic (exact) mass is 380 g/mol.